The maximum atomic E-state index is 11.6. The van der Waals surface area contributed by atoms with E-state index in [1.807, 2.05) is 0 Å². The molecule has 0 saturated heterocycles. The number of carbonyl (C=O) groups excluding carboxylic acids is 2. The lowest BCUT2D eigenvalue weighted by Gasteiger charge is -2.40. The number of nitrogens with one attached hydrogen (secondary N) is 2. The van der Waals surface area contributed by atoms with Crippen molar-refractivity contribution in [3.05, 3.63) is 0 Å². The molecular formula is C12H20N2O6. The Bertz CT molecular complexity index is 375. The van der Waals surface area contributed by atoms with E-state index >= 15 is 0 Å². The molecule has 0 bridgehead atoms. The summed E-state index contributed by atoms with van der Waals surface area (Å²) in [7, 11) is 2.73. The predicted molar refractivity (Wildman–Crippen MR) is 68.2 cm³/mol. The molecular weight excluding hydrogens is 268 g/mol. The van der Waals surface area contributed by atoms with Crippen LogP contribution in [0.1, 0.15) is 25.7 Å². The van der Waals surface area contributed by atoms with Crippen molar-refractivity contribution < 1.29 is 29.0 Å². The Kier molecular flexibility index (Phi) is 5.75. The Morgan fingerprint density at radius 1 is 1.30 bits per heavy atom. The van der Waals surface area contributed by atoms with Crippen molar-refractivity contribution in [1.29, 1.82) is 0 Å². The number of esters is 1. The molecule has 0 heterocycles. The zero-order valence-corrected chi connectivity index (χ0v) is 11.6. The first-order valence-electron chi connectivity index (χ1n) is 6.31. The van der Waals surface area contributed by atoms with Gasteiger partial charge in [0.15, 0.2) is 0 Å². The third-order valence-corrected chi connectivity index (χ3v) is 3.47. The van der Waals surface area contributed by atoms with Gasteiger partial charge in [0, 0.05) is 13.7 Å². The van der Waals surface area contributed by atoms with Crippen molar-refractivity contribution >= 4 is 18.0 Å². The summed E-state index contributed by atoms with van der Waals surface area (Å²) in [6, 6.07) is -1.97. The molecule has 0 spiro atoms. The van der Waals surface area contributed by atoms with Gasteiger partial charge in [-0.25, -0.2) is 9.59 Å². The minimum Gasteiger partial charge on any atom is -0.480 e. The second-order valence-corrected chi connectivity index (χ2v) is 4.74. The van der Waals surface area contributed by atoms with Crippen molar-refractivity contribution in [3.63, 3.8) is 0 Å². The quantitative estimate of drug-likeness (QED) is 0.562. The van der Waals surface area contributed by atoms with Gasteiger partial charge in [-0.1, -0.05) is 0 Å². The Morgan fingerprint density at radius 2 is 1.95 bits per heavy atom. The molecule has 0 aromatic carbocycles. The standard InChI is InChI=1S/C12H20N2O6/c1-19-9(15)6-8(10(16)17)14-11(18)13-7-12(20-2)4-3-5-12/h8H,3-7H2,1-2H3,(H,16,17)(H2,13,14,18)/t8-/m0/s1. The lowest BCUT2D eigenvalue weighted by Crippen LogP contribution is -2.53. The second-order valence-electron chi connectivity index (χ2n) is 4.74. The Hall–Kier alpha value is -1.83. The molecule has 3 N–H and O–H groups in total. The third kappa shape index (κ3) is 4.37. The van der Waals surface area contributed by atoms with Gasteiger partial charge >= 0.3 is 18.0 Å². The number of amides is 2. The summed E-state index contributed by atoms with van der Waals surface area (Å²) in [5.74, 6) is -2.00. The number of rotatable bonds is 7. The van der Waals surface area contributed by atoms with Gasteiger partial charge in [0.2, 0.25) is 0 Å². The molecule has 0 radical (unpaired) electrons. The molecule has 1 rings (SSSR count). The number of ether oxygens (including phenoxy) is 2. The highest BCUT2D eigenvalue weighted by atomic mass is 16.5. The van der Waals surface area contributed by atoms with Crippen LogP contribution in [-0.2, 0) is 19.1 Å². The Labute approximate surface area is 116 Å². The van der Waals surface area contributed by atoms with E-state index in [-0.39, 0.29) is 5.60 Å². The molecule has 0 unspecified atom stereocenters. The van der Waals surface area contributed by atoms with E-state index in [1.54, 1.807) is 7.11 Å². The van der Waals surface area contributed by atoms with Crippen molar-refractivity contribution in [2.45, 2.75) is 37.3 Å². The molecule has 8 heteroatoms. The predicted octanol–water partition coefficient (Wildman–Crippen LogP) is -0.129. The third-order valence-electron chi connectivity index (χ3n) is 3.47. The number of urea groups is 1. The van der Waals surface area contributed by atoms with Crippen LogP contribution < -0.4 is 10.6 Å². The fourth-order valence-electron chi connectivity index (χ4n) is 1.92. The summed E-state index contributed by atoms with van der Waals surface area (Å²) < 4.78 is 9.70. The molecule has 1 atom stereocenters. The van der Waals surface area contributed by atoms with Gasteiger partial charge in [-0.15, -0.1) is 0 Å². The number of carboxylic acids is 1. The van der Waals surface area contributed by atoms with Crippen LogP contribution in [0.25, 0.3) is 0 Å². The highest BCUT2D eigenvalue weighted by molar-refractivity contribution is 5.86. The van der Waals surface area contributed by atoms with E-state index < -0.39 is 30.4 Å². The Balaban J connectivity index is 2.41. The Morgan fingerprint density at radius 3 is 2.35 bits per heavy atom. The number of hydrogen-bond donors (Lipinski definition) is 3. The minimum atomic E-state index is -1.32. The van der Waals surface area contributed by atoms with Gasteiger partial charge in [-0.05, 0) is 19.3 Å². The minimum absolute atomic E-state index is 0.305. The summed E-state index contributed by atoms with van der Waals surface area (Å²) in [6.45, 7) is 0.305. The van der Waals surface area contributed by atoms with Gasteiger partial charge < -0.3 is 25.2 Å². The largest absolute Gasteiger partial charge is 0.480 e. The van der Waals surface area contributed by atoms with E-state index in [4.69, 9.17) is 9.84 Å². The summed E-state index contributed by atoms with van der Waals surface area (Å²) in [5.41, 5.74) is -0.349. The molecule has 1 aliphatic rings. The summed E-state index contributed by atoms with van der Waals surface area (Å²) >= 11 is 0. The van der Waals surface area contributed by atoms with Crippen LogP contribution in [-0.4, -0.2) is 55.5 Å². The van der Waals surface area contributed by atoms with Gasteiger partial charge in [0.05, 0.1) is 19.1 Å². The van der Waals surface area contributed by atoms with Crippen LogP contribution in [0.4, 0.5) is 4.79 Å². The number of methoxy groups -OCH3 is 2. The summed E-state index contributed by atoms with van der Waals surface area (Å²) in [6.07, 6.45) is 2.33. The first-order valence-corrected chi connectivity index (χ1v) is 6.31. The van der Waals surface area contributed by atoms with Crippen molar-refractivity contribution in [1.82, 2.24) is 10.6 Å². The lowest BCUT2D eigenvalue weighted by molar-refractivity contribution is -0.147. The van der Waals surface area contributed by atoms with Gasteiger partial charge in [0.1, 0.15) is 6.04 Å². The average molecular weight is 288 g/mol. The molecule has 1 aliphatic carbocycles. The molecule has 8 nitrogen and oxygen atoms in total. The topological polar surface area (TPSA) is 114 Å². The smallest absolute Gasteiger partial charge is 0.326 e. The number of aliphatic carboxylic acids is 1. The van der Waals surface area contributed by atoms with Crippen LogP contribution in [0.2, 0.25) is 0 Å². The van der Waals surface area contributed by atoms with Gasteiger partial charge in [0.25, 0.3) is 0 Å². The molecule has 1 fully saturated rings. The van der Waals surface area contributed by atoms with E-state index in [9.17, 15) is 14.4 Å². The SMILES string of the molecule is COC(=O)C[C@H](NC(=O)NCC1(OC)CCC1)C(=O)O. The highest BCUT2D eigenvalue weighted by Gasteiger charge is 2.37. The number of hydrogen-bond acceptors (Lipinski definition) is 5. The first-order chi connectivity index (χ1) is 9.42. The molecule has 1 saturated carbocycles. The summed E-state index contributed by atoms with van der Waals surface area (Å²) in [5, 5.41) is 13.7. The zero-order chi connectivity index (χ0) is 15.2. The normalized spacial score (nSPS) is 17.5. The van der Waals surface area contributed by atoms with E-state index in [2.05, 4.69) is 15.4 Å². The van der Waals surface area contributed by atoms with Crippen LogP contribution in [0.15, 0.2) is 0 Å². The van der Waals surface area contributed by atoms with E-state index in [1.165, 1.54) is 0 Å². The zero-order valence-electron chi connectivity index (χ0n) is 11.6. The summed E-state index contributed by atoms with van der Waals surface area (Å²) in [4.78, 5) is 33.6. The van der Waals surface area contributed by atoms with Crippen LogP contribution in [0.3, 0.4) is 0 Å². The monoisotopic (exact) mass is 288 g/mol. The molecule has 0 aromatic heterocycles. The fourth-order valence-corrected chi connectivity index (χ4v) is 1.92. The highest BCUT2D eigenvalue weighted by Crippen LogP contribution is 2.34. The molecule has 2 amide bonds. The molecule has 20 heavy (non-hydrogen) atoms. The number of carbonyl (C=O) groups is 3. The maximum Gasteiger partial charge on any atom is 0.326 e. The average Bonchev–Trinajstić information content (AvgIpc) is 2.36. The van der Waals surface area contributed by atoms with E-state index in [0.717, 1.165) is 26.4 Å². The number of carboxylic acid groups (broad SMARTS) is 1. The molecule has 0 aromatic rings. The maximum absolute atomic E-state index is 11.6. The van der Waals surface area contributed by atoms with Crippen molar-refractivity contribution in [2.75, 3.05) is 20.8 Å². The fraction of sp³-hybridized carbons (Fsp3) is 0.750. The van der Waals surface area contributed by atoms with Crippen LogP contribution in [0.5, 0.6) is 0 Å². The van der Waals surface area contributed by atoms with Gasteiger partial charge in [-0.2, -0.15) is 0 Å². The molecule has 0 aliphatic heterocycles. The van der Waals surface area contributed by atoms with Crippen molar-refractivity contribution in [3.8, 4) is 0 Å². The van der Waals surface area contributed by atoms with E-state index in [0.29, 0.717) is 6.54 Å². The van der Waals surface area contributed by atoms with Crippen LogP contribution >= 0.6 is 0 Å². The first kappa shape index (κ1) is 16.2. The van der Waals surface area contributed by atoms with Crippen molar-refractivity contribution in [2.24, 2.45) is 0 Å². The van der Waals surface area contributed by atoms with Crippen LogP contribution in [0, 0.1) is 0 Å². The molecule has 114 valence electrons. The van der Waals surface area contributed by atoms with Gasteiger partial charge in [-0.3, -0.25) is 4.79 Å². The second kappa shape index (κ2) is 7.09. The lowest BCUT2D eigenvalue weighted by atomic mass is 9.80.